The van der Waals surface area contributed by atoms with Gasteiger partial charge in [-0.05, 0) is 12.1 Å². The first-order valence-corrected chi connectivity index (χ1v) is 12.8. The summed E-state index contributed by atoms with van der Waals surface area (Å²) in [6.45, 7) is 3.60. The SMILES string of the molecule is Nc1nc2c(cnn2CCN2CCN(c3cc(OCc4nn[nH]n4)c(F)cc3F)CC2)c2nc(-c3ccco3)nn12. The average Bonchev–Trinajstić information content (AvgIpc) is 3.78. The Hall–Kier alpha value is -5.19. The molecule has 7 rings (SSSR count). The van der Waals surface area contributed by atoms with Crippen LogP contribution in [0.15, 0.2) is 41.1 Å². The summed E-state index contributed by atoms with van der Waals surface area (Å²) in [5.41, 5.74) is 7.61. The van der Waals surface area contributed by atoms with Gasteiger partial charge in [0, 0.05) is 44.9 Å². The highest BCUT2D eigenvalue weighted by Crippen LogP contribution is 2.29. The molecule has 0 aliphatic carbocycles. The molecule has 0 unspecified atom stereocenters. The molecule has 15 nitrogen and oxygen atoms in total. The van der Waals surface area contributed by atoms with Gasteiger partial charge in [0.1, 0.15) is 5.82 Å². The first kappa shape index (κ1) is 24.8. The lowest BCUT2D eigenvalue weighted by Gasteiger charge is -2.36. The van der Waals surface area contributed by atoms with Crippen molar-refractivity contribution >= 4 is 28.3 Å². The van der Waals surface area contributed by atoms with Crippen molar-refractivity contribution in [2.75, 3.05) is 43.4 Å². The zero-order valence-corrected chi connectivity index (χ0v) is 21.5. The minimum atomic E-state index is -0.797. The number of fused-ring (bicyclic) bond motifs is 3. The number of nitrogens with two attached hydrogens (primary N) is 1. The van der Waals surface area contributed by atoms with Crippen molar-refractivity contribution in [3.05, 3.63) is 54.2 Å². The summed E-state index contributed by atoms with van der Waals surface area (Å²) in [6, 6.07) is 5.74. The van der Waals surface area contributed by atoms with Crippen LogP contribution in [0.5, 0.6) is 5.75 Å². The zero-order valence-electron chi connectivity index (χ0n) is 21.5. The van der Waals surface area contributed by atoms with E-state index in [1.165, 1.54) is 10.6 Å². The molecule has 1 aliphatic heterocycles. The monoisotopic (exact) mass is 563 g/mol. The van der Waals surface area contributed by atoms with Gasteiger partial charge >= 0.3 is 0 Å². The number of tetrazole rings is 1. The Balaban J connectivity index is 1.01. The molecular formula is C24H23F2N13O2. The quantitative estimate of drug-likeness (QED) is 0.274. The van der Waals surface area contributed by atoms with Gasteiger partial charge in [-0.1, -0.05) is 5.21 Å². The molecule has 0 amide bonds. The number of aromatic amines is 1. The molecule has 1 aliphatic rings. The van der Waals surface area contributed by atoms with Crippen LogP contribution in [-0.4, -0.2) is 87.6 Å². The van der Waals surface area contributed by atoms with Crippen LogP contribution in [0.1, 0.15) is 5.82 Å². The molecule has 17 heteroatoms. The number of nitrogens with one attached hydrogen (secondary N) is 1. The van der Waals surface area contributed by atoms with Gasteiger partial charge in [-0.25, -0.2) is 18.4 Å². The highest BCUT2D eigenvalue weighted by molar-refractivity contribution is 5.90. The summed E-state index contributed by atoms with van der Waals surface area (Å²) in [5.74, 6) is -0.139. The van der Waals surface area contributed by atoms with E-state index in [0.29, 0.717) is 62.1 Å². The summed E-state index contributed by atoms with van der Waals surface area (Å²) >= 11 is 0. The van der Waals surface area contributed by atoms with E-state index in [1.807, 2.05) is 4.90 Å². The van der Waals surface area contributed by atoms with Crippen molar-refractivity contribution in [2.45, 2.75) is 13.2 Å². The molecule has 1 aromatic carbocycles. The van der Waals surface area contributed by atoms with Crippen LogP contribution in [0, 0.1) is 11.6 Å². The third-order valence-corrected chi connectivity index (χ3v) is 6.93. The number of furan rings is 1. The first-order valence-electron chi connectivity index (χ1n) is 12.8. The van der Waals surface area contributed by atoms with Gasteiger partial charge in [-0.3, -0.25) is 4.90 Å². The predicted molar refractivity (Wildman–Crippen MR) is 140 cm³/mol. The Bertz CT molecular complexity index is 1810. The number of aromatic nitrogens is 10. The fourth-order valence-corrected chi connectivity index (χ4v) is 4.84. The minimum absolute atomic E-state index is 0.0796. The molecule has 0 radical (unpaired) electrons. The second-order valence-electron chi connectivity index (χ2n) is 9.40. The number of halogens is 2. The molecular weight excluding hydrogens is 540 g/mol. The standard InChI is InChI=1S/C24H23F2N13O2/c25-15-10-16(26)19(41-13-20-31-34-35-32-20)11-17(15)37-6-3-36(4-7-37)5-8-38-22-14(12-28-38)23-29-21(18-2-1-9-40-18)33-39(23)24(27)30-22/h1-2,9-12H,3-8,13H2,(H2,27,30)(H,31,32,34,35). The van der Waals surface area contributed by atoms with Crippen molar-refractivity contribution in [1.82, 2.24) is 54.9 Å². The normalized spacial score (nSPS) is 14.4. The first-order chi connectivity index (χ1) is 20.0. The summed E-state index contributed by atoms with van der Waals surface area (Å²) in [6.07, 6.45) is 3.25. The number of benzene rings is 1. The number of hydrogen-bond acceptors (Lipinski definition) is 12. The van der Waals surface area contributed by atoms with E-state index >= 15 is 0 Å². The largest absolute Gasteiger partial charge is 0.482 e. The molecule has 1 fully saturated rings. The van der Waals surface area contributed by atoms with Crippen LogP contribution in [0.2, 0.25) is 0 Å². The van der Waals surface area contributed by atoms with Crippen LogP contribution in [-0.2, 0) is 13.2 Å². The maximum atomic E-state index is 14.7. The molecule has 5 aromatic heterocycles. The highest BCUT2D eigenvalue weighted by atomic mass is 19.1. The van der Waals surface area contributed by atoms with E-state index in [-0.39, 0.29) is 29.8 Å². The van der Waals surface area contributed by atoms with Gasteiger partial charge in [-0.2, -0.15) is 19.8 Å². The van der Waals surface area contributed by atoms with Gasteiger partial charge in [-0.15, -0.1) is 15.3 Å². The molecule has 0 spiro atoms. The highest BCUT2D eigenvalue weighted by Gasteiger charge is 2.23. The number of hydrogen-bond donors (Lipinski definition) is 2. The Kier molecular flexibility index (Phi) is 6.11. The number of ether oxygens (including phenoxy) is 1. The van der Waals surface area contributed by atoms with Crippen molar-refractivity contribution in [3.8, 4) is 17.3 Å². The predicted octanol–water partition coefficient (Wildman–Crippen LogP) is 1.51. The summed E-state index contributed by atoms with van der Waals surface area (Å²) < 4.78 is 43.1. The Labute approximate surface area is 229 Å². The van der Waals surface area contributed by atoms with Crippen LogP contribution in [0.4, 0.5) is 20.4 Å². The number of anilines is 2. The van der Waals surface area contributed by atoms with E-state index in [2.05, 4.69) is 45.7 Å². The topological polar surface area (TPSA) is 170 Å². The lowest BCUT2D eigenvalue weighted by molar-refractivity contribution is 0.244. The zero-order chi connectivity index (χ0) is 27.9. The Morgan fingerprint density at radius 3 is 2.71 bits per heavy atom. The van der Waals surface area contributed by atoms with E-state index in [1.54, 1.807) is 29.3 Å². The fourth-order valence-electron chi connectivity index (χ4n) is 4.84. The van der Waals surface area contributed by atoms with Gasteiger partial charge in [0.2, 0.25) is 17.6 Å². The van der Waals surface area contributed by atoms with Crippen molar-refractivity contribution in [3.63, 3.8) is 0 Å². The second kappa shape index (κ2) is 10.1. The molecule has 0 bridgehead atoms. The molecule has 210 valence electrons. The molecule has 6 aromatic rings. The molecule has 0 saturated carbocycles. The summed E-state index contributed by atoms with van der Waals surface area (Å²) in [7, 11) is 0. The lowest BCUT2D eigenvalue weighted by Crippen LogP contribution is -2.47. The third kappa shape index (κ3) is 4.65. The molecule has 0 atom stereocenters. The van der Waals surface area contributed by atoms with Crippen molar-refractivity contribution < 1.29 is 17.9 Å². The fraction of sp³-hybridized carbons (Fsp3) is 0.292. The van der Waals surface area contributed by atoms with Crippen molar-refractivity contribution in [2.24, 2.45) is 0 Å². The number of rotatable bonds is 8. The van der Waals surface area contributed by atoms with Crippen LogP contribution >= 0.6 is 0 Å². The van der Waals surface area contributed by atoms with E-state index < -0.39 is 11.6 Å². The Morgan fingerprint density at radius 1 is 1.05 bits per heavy atom. The number of nitrogens with zero attached hydrogens (tertiary/aromatic N) is 11. The maximum Gasteiger partial charge on any atom is 0.225 e. The van der Waals surface area contributed by atoms with E-state index in [0.717, 1.165) is 11.5 Å². The summed E-state index contributed by atoms with van der Waals surface area (Å²) in [4.78, 5) is 13.2. The smallest absolute Gasteiger partial charge is 0.225 e. The van der Waals surface area contributed by atoms with Crippen LogP contribution in [0.25, 0.3) is 28.3 Å². The van der Waals surface area contributed by atoms with Gasteiger partial charge in [0.15, 0.2) is 35.2 Å². The van der Waals surface area contributed by atoms with Gasteiger partial charge in [0.25, 0.3) is 0 Å². The number of piperazine rings is 1. The van der Waals surface area contributed by atoms with E-state index in [9.17, 15) is 8.78 Å². The molecule has 41 heavy (non-hydrogen) atoms. The lowest BCUT2D eigenvalue weighted by atomic mass is 10.2. The van der Waals surface area contributed by atoms with Crippen LogP contribution < -0.4 is 15.4 Å². The van der Waals surface area contributed by atoms with Crippen LogP contribution in [0.3, 0.4) is 0 Å². The van der Waals surface area contributed by atoms with Crippen molar-refractivity contribution in [1.29, 1.82) is 0 Å². The maximum absolute atomic E-state index is 14.7. The molecule has 6 heterocycles. The number of H-pyrrole nitrogens is 1. The second-order valence-corrected chi connectivity index (χ2v) is 9.40. The number of nitrogen functional groups attached to an aromatic ring is 1. The molecule has 3 N–H and O–H groups in total. The Morgan fingerprint density at radius 2 is 1.93 bits per heavy atom. The molecule has 1 saturated heterocycles. The third-order valence-electron chi connectivity index (χ3n) is 6.93. The van der Waals surface area contributed by atoms with E-state index in [4.69, 9.17) is 14.9 Å². The minimum Gasteiger partial charge on any atom is -0.482 e. The van der Waals surface area contributed by atoms with Gasteiger partial charge in [0.05, 0.1) is 30.1 Å². The summed E-state index contributed by atoms with van der Waals surface area (Å²) in [5, 5.41) is 22.9. The average molecular weight is 564 g/mol. The van der Waals surface area contributed by atoms with Gasteiger partial charge < -0.3 is 19.8 Å².